The predicted octanol–water partition coefficient (Wildman–Crippen LogP) is 6.51. The predicted molar refractivity (Wildman–Crippen MR) is 144 cm³/mol. The maximum Gasteiger partial charge on any atom is 0.137 e. The molecule has 0 unspecified atom stereocenters. The number of pyridine rings is 2. The number of aromatic nitrogens is 2. The van der Waals surface area contributed by atoms with Crippen LogP contribution in [0, 0.1) is 13.8 Å². The minimum atomic E-state index is -2.06. The van der Waals surface area contributed by atoms with E-state index < -0.39 is 8.07 Å². The van der Waals surface area contributed by atoms with Gasteiger partial charge in [-0.1, -0.05) is 61.6 Å². The molecule has 0 atom stereocenters. The molecule has 0 N–H and O–H groups in total. The monoisotopic (exact) mass is 440 g/mol. The second-order valence-electron chi connectivity index (χ2n) is 10.0. The van der Waals surface area contributed by atoms with Gasteiger partial charge in [-0.15, -0.1) is 0 Å². The summed E-state index contributed by atoms with van der Waals surface area (Å²) < 4.78 is 0. The van der Waals surface area contributed by atoms with Crippen LogP contribution in [0.15, 0.2) is 72.9 Å². The maximum absolute atomic E-state index is 5.24. The Morgan fingerprint density at radius 3 is 2.39 bits per heavy atom. The lowest BCUT2D eigenvalue weighted by Gasteiger charge is -2.32. The Morgan fingerprint density at radius 1 is 0.697 bits per heavy atom. The molecule has 3 heterocycles. The van der Waals surface area contributed by atoms with Crippen LogP contribution in [0.2, 0.25) is 13.1 Å². The molecular formula is C30H24N2Si. The maximum atomic E-state index is 5.24. The zero-order valence-electron chi connectivity index (χ0n) is 19.3. The Kier molecular flexibility index (Phi) is 3.60. The summed E-state index contributed by atoms with van der Waals surface area (Å²) in [7, 11) is -2.06. The number of nitrogens with zero attached hydrogens (tertiary/aromatic N) is 2. The molecule has 0 fully saturated rings. The number of benzene rings is 4. The third kappa shape index (κ3) is 2.43. The third-order valence-corrected chi connectivity index (χ3v) is 11.0. The fraction of sp³-hybridized carbons (Fsp3) is 0.133. The fourth-order valence-electron chi connectivity index (χ4n) is 5.78. The summed E-state index contributed by atoms with van der Waals surface area (Å²) >= 11 is 0. The fourth-order valence-corrected chi connectivity index (χ4v) is 8.68. The third-order valence-electron chi connectivity index (χ3n) is 7.72. The van der Waals surface area contributed by atoms with Crippen LogP contribution < -0.4 is 10.5 Å². The molecule has 0 saturated carbocycles. The summed E-state index contributed by atoms with van der Waals surface area (Å²) in [5, 5.41) is 11.8. The highest BCUT2D eigenvalue weighted by molar-refractivity contribution is 7.03. The van der Waals surface area contributed by atoms with Gasteiger partial charge in [0.15, 0.2) is 0 Å². The minimum Gasteiger partial charge on any atom is -0.257 e. The molecule has 0 saturated heterocycles. The van der Waals surface area contributed by atoms with Crippen molar-refractivity contribution in [1.82, 2.24) is 9.97 Å². The summed E-state index contributed by atoms with van der Waals surface area (Å²) in [6.45, 7) is 9.31. The largest absolute Gasteiger partial charge is 0.257 e. The first-order chi connectivity index (χ1) is 15.9. The first kappa shape index (κ1) is 19.0. The smallest absolute Gasteiger partial charge is 0.137 e. The van der Waals surface area contributed by atoms with Crippen LogP contribution in [-0.4, -0.2) is 18.0 Å². The topological polar surface area (TPSA) is 25.8 Å². The molecule has 2 aromatic heterocycles. The van der Waals surface area contributed by atoms with E-state index in [9.17, 15) is 0 Å². The van der Waals surface area contributed by atoms with Crippen molar-refractivity contribution in [2.24, 2.45) is 0 Å². The molecule has 3 heteroatoms. The molecule has 1 aliphatic heterocycles. The van der Waals surface area contributed by atoms with E-state index in [2.05, 4.69) is 93.7 Å². The Balaban J connectivity index is 1.70. The highest BCUT2D eigenvalue weighted by Crippen LogP contribution is 2.38. The van der Waals surface area contributed by atoms with Crippen molar-refractivity contribution in [1.29, 1.82) is 0 Å². The molecule has 7 rings (SSSR count). The van der Waals surface area contributed by atoms with Crippen molar-refractivity contribution in [3.8, 4) is 11.3 Å². The van der Waals surface area contributed by atoms with Gasteiger partial charge < -0.3 is 0 Å². The Bertz CT molecular complexity index is 1810. The first-order valence-electron chi connectivity index (χ1n) is 11.6. The van der Waals surface area contributed by atoms with Crippen molar-refractivity contribution in [2.75, 3.05) is 0 Å². The highest BCUT2D eigenvalue weighted by Gasteiger charge is 2.38. The lowest BCUT2D eigenvalue weighted by Crippen LogP contribution is -2.57. The van der Waals surface area contributed by atoms with E-state index in [1.165, 1.54) is 64.9 Å². The van der Waals surface area contributed by atoms with Crippen molar-refractivity contribution >= 4 is 61.8 Å². The van der Waals surface area contributed by atoms with Crippen molar-refractivity contribution < 1.29 is 0 Å². The number of para-hydroxylation sites is 1. The lowest BCUT2D eigenvalue weighted by molar-refractivity contribution is 1.34. The average molecular weight is 441 g/mol. The van der Waals surface area contributed by atoms with Crippen LogP contribution in [-0.2, 0) is 0 Å². The van der Waals surface area contributed by atoms with Gasteiger partial charge in [0.05, 0.1) is 11.2 Å². The molecule has 0 aliphatic carbocycles. The quantitative estimate of drug-likeness (QED) is 0.199. The number of hydrogen-bond acceptors (Lipinski definition) is 2. The second kappa shape index (κ2) is 6.27. The first-order valence-corrected chi connectivity index (χ1v) is 14.6. The van der Waals surface area contributed by atoms with Gasteiger partial charge in [-0.3, -0.25) is 9.97 Å². The number of fused-ring (bicyclic) bond motifs is 7. The van der Waals surface area contributed by atoms with E-state index >= 15 is 0 Å². The molecule has 4 aromatic carbocycles. The van der Waals surface area contributed by atoms with Crippen LogP contribution in [0.25, 0.3) is 54.5 Å². The van der Waals surface area contributed by atoms with Crippen LogP contribution in [0.5, 0.6) is 0 Å². The van der Waals surface area contributed by atoms with E-state index in [-0.39, 0.29) is 0 Å². The summed E-state index contributed by atoms with van der Waals surface area (Å²) in [4.78, 5) is 10.2. The van der Waals surface area contributed by atoms with Gasteiger partial charge >= 0.3 is 0 Å². The summed E-state index contributed by atoms with van der Waals surface area (Å²) in [6.07, 6.45) is 1.98. The SMILES string of the molecule is Cc1cc2ccc3c4ccnc5c4c(cc3c2cc1C)[Si](C)(C)c1nc2ccccc2cc1-5. The van der Waals surface area contributed by atoms with Crippen LogP contribution in [0.3, 0.4) is 0 Å². The standard InChI is InChI=1S/C30H24N2Si/c1-17-13-19-9-10-21-22-11-12-31-29-25-15-20-7-5-6-8-26(20)32-30(25)33(3,4)27(28(22)29)16-24(21)23(19)14-18(17)2/h5-16H,1-4H3. The molecule has 1 aliphatic rings. The zero-order chi connectivity index (χ0) is 22.5. The Morgan fingerprint density at radius 2 is 1.52 bits per heavy atom. The van der Waals surface area contributed by atoms with Gasteiger partial charge in [0.1, 0.15) is 8.07 Å². The van der Waals surface area contributed by atoms with Crippen molar-refractivity contribution in [3.63, 3.8) is 0 Å². The highest BCUT2D eigenvalue weighted by atomic mass is 28.3. The molecule has 158 valence electrons. The number of hydrogen-bond donors (Lipinski definition) is 0. The van der Waals surface area contributed by atoms with E-state index in [4.69, 9.17) is 9.97 Å². The Labute approximate surface area is 193 Å². The summed E-state index contributed by atoms with van der Waals surface area (Å²) in [5.74, 6) is 0. The Hall–Kier alpha value is -3.56. The van der Waals surface area contributed by atoms with Gasteiger partial charge in [0, 0.05) is 27.8 Å². The molecule has 2 nitrogen and oxygen atoms in total. The molecule has 0 amide bonds. The van der Waals surface area contributed by atoms with E-state index in [0.717, 1.165) is 11.2 Å². The van der Waals surface area contributed by atoms with Crippen LogP contribution in [0.1, 0.15) is 11.1 Å². The van der Waals surface area contributed by atoms with Gasteiger partial charge in [-0.2, -0.15) is 0 Å². The van der Waals surface area contributed by atoms with Gasteiger partial charge in [0.25, 0.3) is 0 Å². The normalized spacial score (nSPS) is 14.3. The minimum absolute atomic E-state index is 1.07. The summed E-state index contributed by atoms with van der Waals surface area (Å²) in [5.41, 5.74) is 6.06. The van der Waals surface area contributed by atoms with Gasteiger partial charge in [-0.25, -0.2) is 0 Å². The van der Waals surface area contributed by atoms with E-state index in [0.29, 0.717) is 0 Å². The molecule has 0 radical (unpaired) electrons. The zero-order valence-corrected chi connectivity index (χ0v) is 20.3. The van der Waals surface area contributed by atoms with E-state index in [1.807, 2.05) is 6.20 Å². The van der Waals surface area contributed by atoms with Crippen molar-refractivity contribution in [2.45, 2.75) is 26.9 Å². The average Bonchev–Trinajstić information content (AvgIpc) is 2.82. The van der Waals surface area contributed by atoms with E-state index in [1.54, 1.807) is 0 Å². The molecule has 0 bridgehead atoms. The number of aryl methyl sites for hydroxylation is 2. The summed E-state index contributed by atoms with van der Waals surface area (Å²) in [6, 6.07) is 24.7. The second-order valence-corrected chi connectivity index (χ2v) is 14.3. The lowest BCUT2D eigenvalue weighted by atomic mass is 9.93. The molecule has 33 heavy (non-hydrogen) atoms. The van der Waals surface area contributed by atoms with Crippen LogP contribution in [0.4, 0.5) is 0 Å². The molecule has 0 spiro atoms. The van der Waals surface area contributed by atoms with Crippen molar-refractivity contribution in [3.05, 3.63) is 84.1 Å². The molecular weight excluding hydrogens is 416 g/mol. The van der Waals surface area contributed by atoms with Gasteiger partial charge in [0.2, 0.25) is 0 Å². The van der Waals surface area contributed by atoms with Gasteiger partial charge in [-0.05, 0) is 75.3 Å². The van der Waals surface area contributed by atoms with Crippen LogP contribution >= 0.6 is 0 Å². The number of rotatable bonds is 0. The molecule has 6 aromatic rings.